The predicted molar refractivity (Wildman–Crippen MR) is 148 cm³/mol. The maximum absolute atomic E-state index is 12.7. The number of unbranched alkanes of at least 4 members (excludes halogenated alkanes) is 3. The number of nitrogens with one attached hydrogen (secondary N) is 1. The second kappa shape index (κ2) is 12.0. The van der Waals surface area contributed by atoms with Gasteiger partial charge in [-0.3, -0.25) is 4.90 Å². The molecule has 0 unspecified atom stereocenters. The van der Waals surface area contributed by atoms with Crippen molar-refractivity contribution in [3.63, 3.8) is 0 Å². The second-order valence-electron chi connectivity index (χ2n) is 9.64. The Balaban J connectivity index is 1.24. The zero-order valence-corrected chi connectivity index (χ0v) is 22.6. The summed E-state index contributed by atoms with van der Waals surface area (Å²) in [4.78, 5) is 7.01. The molecule has 0 radical (unpaired) electrons. The molecule has 1 aromatic carbocycles. The van der Waals surface area contributed by atoms with Crippen molar-refractivity contribution >= 4 is 27.3 Å². The minimum absolute atomic E-state index is 0.0813. The molecule has 4 heterocycles. The first-order valence-electron chi connectivity index (χ1n) is 13.4. The van der Waals surface area contributed by atoms with E-state index in [0.29, 0.717) is 35.9 Å². The van der Waals surface area contributed by atoms with E-state index >= 15 is 0 Å². The molecule has 0 aliphatic carbocycles. The first kappa shape index (κ1) is 26.2. The van der Waals surface area contributed by atoms with Crippen LogP contribution < -0.4 is 10.1 Å². The summed E-state index contributed by atoms with van der Waals surface area (Å²) in [6.45, 7) is 6.07. The molecule has 11 heteroatoms. The third-order valence-corrected chi connectivity index (χ3v) is 8.32. The van der Waals surface area contributed by atoms with E-state index in [0.717, 1.165) is 41.3 Å². The Bertz CT molecular complexity index is 1440. The van der Waals surface area contributed by atoms with E-state index in [2.05, 4.69) is 32.3 Å². The van der Waals surface area contributed by atoms with Crippen LogP contribution in [-0.2, 0) is 10.0 Å². The number of ether oxygens (including phenoxy) is 1. The number of likely N-dealkylation sites (tertiary alicyclic amines) is 1. The van der Waals surface area contributed by atoms with Gasteiger partial charge >= 0.3 is 0 Å². The second-order valence-corrected chi connectivity index (χ2v) is 11.6. The number of pyridine rings is 1. The molecule has 0 atom stereocenters. The van der Waals surface area contributed by atoms with Gasteiger partial charge in [-0.1, -0.05) is 32.3 Å². The quantitative estimate of drug-likeness (QED) is 0.247. The summed E-state index contributed by atoms with van der Waals surface area (Å²) < 4.78 is 34.0. The normalized spacial score (nSPS) is 14.3. The number of nitrogens with zero attached hydrogens (tertiary/aromatic N) is 6. The van der Waals surface area contributed by atoms with Crippen LogP contribution in [0.5, 0.6) is 5.75 Å². The lowest BCUT2D eigenvalue weighted by molar-refractivity contribution is 0.238. The fourth-order valence-corrected chi connectivity index (χ4v) is 5.85. The number of hydrogen-bond donors (Lipinski definition) is 1. The van der Waals surface area contributed by atoms with Crippen molar-refractivity contribution in [2.45, 2.75) is 45.4 Å². The molecule has 38 heavy (non-hydrogen) atoms. The Labute approximate surface area is 223 Å². The fraction of sp³-hybridized carbons (Fsp3) is 0.444. The minimum Gasteiger partial charge on any atom is -0.492 e. The molecular weight excluding hydrogens is 502 g/mol. The molecule has 3 aromatic heterocycles. The summed E-state index contributed by atoms with van der Waals surface area (Å²) in [6.07, 6.45) is 9.27. The number of fused-ring (bicyclic) bond motifs is 1. The van der Waals surface area contributed by atoms with Crippen molar-refractivity contribution < 1.29 is 13.2 Å². The Morgan fingerprint density at radius 3 is 2.63 bits per heavy atom. The Morgan fingerprint density at radius 2 is 1.84 bits per heavy atom. The molecule has 10 nitrogen and oxygen atoms in total. The molecule has 0 saturated carbocycles. The molecule has 1 saturated heterocycles. The van der Waals surface area contributed by atoms with Gasteiger partial charge in [0.25, 0.3) is 10.0 Å². The third kappa shape index (κ3) is 6.33. The molecule has 0 bridgehead atoms. The topological polar surface area (TPSA) is 107 Å². The monoisotopic (exact) mass is 537 g/mol. The van der Waals surface area contributed by atoms with E-state index in [1.165, 1.54) is 25.9 Å². The van der Waals surface area contributed by atoms with Crippen LogP contribution in [-0.4, -0.2) is 69.1 Å². The molecule has 1 aliphatic heterocycles. The molecule has 0 amide bonds. The molecule has 1 aliphatic rings. The van der Waals surface area contributed by atoms with Crippen molar-refractivity contribution in [1.29, 1.82) is 0 Å². The Morgan fingerprint density at radius 1 is 1.03 bits per heavy atom. The first-order chi connectivity index (χ1) is 18.5. The highest BCUT2D eigenvalue weighted by Gasteiger charge is 2.17. The lowest BCUT2D eigenvalue weighted by Crippen LogP contribution is -2.25. The summed E-state index contributed by atoms with van der Waals surface area (Å²) in [5, 5.41) is 12.0. The third-order valence-electron chi connectivity index (χ3n) is 6.74. The molecule has 4 aromatic rings. The first-order valence-corrected chi connectivity index (χ1v) is 15.0. The smallest absolute Gasteiger partial charge is 0.253 e. The summed E-state index contributed by atoms with van der Waals surface area (Å²) in [5.74, 6) is 1.35. The average Bonchev–Trinajstić information content (AvgIpc) is 3.68. The van der Waals surface area contributed by atoms with Gasteiger partial charge < -0.3 is 10.1 Å². The maximum atomic E-state index is 12.7. The van der Waals surface area contributed by atoms with E-state index in [4.69, 9.17) is 4.74 Å². The van der Waals surface area contributed by atoms with Gasteiger partial charge in [0.15, 0.2) is 5.65 Å². The molecule has 1 fully saturated rings. The number of aromatic nitrogens is 5. The molecular formula is C27H35N7O3S. The highest BCUT2D eigenvalue weighted by atomic mass is 32.2. The Hall–Kier alpha value is -3.44. The largest absolute Gasteiger partial charge is 0.492 e. The van der Waals surface area contributed by atoms with Crippen molar-refractivity contribution in [2.75, 3.05) is 37.3 Å². The summed E-state index contributed by atoms with van der Waals surface area (Å²) in [7, 11) is -3.50. The van der Waals surface area contributed by atoms with Crippen LogP contribution >= 0.6 is 0 Å². The van der Waals surface area contributed by atoms with Gasteiger partial charge in [0.05, 0.1) is 23.8 Å². The number of benzene rings is 1. The molecule has 0 spiro atoms. The fourth-order valence-electron chi connectivity index (χ4n) is 4.63. The SMILES string of the molecule is CCCCCCS(=O)(=O)n1cc(-c2cccc3nc(Nc4ccc(OCCN5CCCC5)cc4)nn23)cn1. The number of hydrogen-bond acceptors (Lipinski definition) is 8. The van der Waals surface area contributed by atoms with Gasteiger partial charge in [-0.15, -0.1) is 5.10 Å². The van der Waals surface area contributed by atoms with E-state index in [-0.39, 0.29) is 5.75 Å². The van der Waals surface area contributed by atoms with Crippen LogP contribution in [0.3, 0.4) is 0 Å². The van der Waals surface area contributed by atoms with Gasteiger partial charge in [0, 0.05) is 17.8 Å². The van der Waals surface area contributed by atoms with E-state index in [1.54, 1.807) is 16.9 Å². The maximum Gasteiger partial charge on any atom is 0.253 e. The van der Waals surface area contributed by atoms with Gasteiger partial charge in [-0.2, -0.15) is 14.2 Å². The van der Waals surface area contributed by atoms with Gasteiger partial charge in [0.1, 0.15) is 12.4 Å². The van der Waals surface area contributed by atoms with Gasteiger partial charge in [-0.25, -0.2) is 12.9 Å². The van der Waals surface area contributed by atoms with Crippen molar-refractivity contribution in [2.24, 2.45) is 0 Å². The van der Waals surface area contributed by atoms with Crippen molar-refractivity contribution in [1.82, 2.24) is 28.7 Å². The minimum atomic E-state index is -3.50. The molecule has 202 valence electrons. The van der Waals surface area contributed by atoms with Crippen LogP contribution in [0.2, 0.25) is 0 Å². The number of rotatable bonds is 13. The lowest BCUT2D eigenvalue weighted by Gasteiger charge is -2.15. The van der Waals surface area contributed by atoms with E-state index in [9.17, 15) is 8.42 Å². The van der Waals surface area contributed by atoms with Gasteiger partial charge in [-0.05, 0) is 68.8 Å². The highest BCUT2D eigenvalue weighted by Crippen LogP contribution is 2.23. The summed E-state index contributed by atoms with van der Waals surface area (Å²) in [6, 6.07) is 13.3. The number of anilines is 2. The lowest BCUT2D eigenvalue weighted by atomic mass is 10.2. The standard InChI is InChI=1S/C27H35N7O3S/c1-2-3-4-7-19-38(35,36)33-21-22(20-28-33)25-9-8-10-26-30-27(31-34(25)26)29-23-11-13-24(14-12-23)37-18-17-32-15-5-6-16-32/h8-14,20-21H,2-7,15-19H2,1H3,(H,29,31). The van der Waals surface area contributed by atoms with Crippen LogP contribution in [0.25, 0.3) is 16.9 Å². The summed E-state index contributed by atoms with van der Waals surface area (Å²) >= 11 is 0. The zero-order valence-electron chi connectivity index (χ0n) is 21.8. The van der Waals surface area contributed by atoms with Crippen LogP contribution in [0.15, 0.2) is 54.9 Å². The average molecular weight is 538 g/mol. The van der Waals surface area contributed by atoms with E-state index < -0.39 is 10.0 Å². The molecule has 1 N–H and O–H groups in total. The van der Waals surface area contributed by atoms with Crippen LogP contribution in [0.1, 0.15) is 45.4 Å². The zero-order chi connectivity index (χ0) is 26.4. The molecule has 5 rings (SSSR count). The van der Waals surface area contributed by atoms with E-state index in [1.807, 2.05) is 42.5 Å². The highest BCUT2D eigenvalue weighted by molar-refractivity contribution is 7.89. The Kier molecular flexibility index (Phi) is 8.23. The van der Waals surface area contributed by atoms with Crippen LogP contribution in [0, 0.1) is 0 Å². The predicted octanol–water partition coefficient (Wildman–Crippen LogP) is 4.57. The van der Waals surface area contributed by atoms with Gasteiger partial charge in [0.2, 0.25) is 5.95 Å². The summed E-state index contributed by atoms with van der Waals surface area (Å²) in [5.41, 5.74) is 2.84. The van der Waals surface area contributed by atoms with Crippen molar-refractivity contribution in [3.8, 4) is 17.0 Å². The van der Waals surface area contributed by atoms with Crippen LogP contribution in [0.4, 0.5) is 11.6 Å². The van der Waals surface area contributed by atoms with Crippen molar-refractivity contribution in [3.05, 3.63) is 54.9 Å².